The van der Waals surface area contributed by atoms with Gasteiger partial charge in [0.2, 0.25) is 5.88 Å². The Kier molecular flexibility index (Phi) is 6.25. The van der Waals surface area contributed by atoms with Crippen LogP contribution in [0.4, 0.5) is 4.79 Å². The number of aromatic nitrogens is 2. The van der Waals surface area contributed by atoms with Gasteiger partial charge in [0.05, 0.1) is 0 Å². The zero-order valence-electron chi connectivity index (χ0n) is 16.6. The van der Waals surface area contributed by atoms with Crippen LogP contribution in [0, 0.1) is 11.8 Å². The van der Waals surface area contributed by atoms with E-state index in [2.05, 4.69) is 5.10 Å². The average molecular weight is 363 g/mol. The Labute approximate surface area is 157 Å². The Balaban J connectivity index is 1.69. The molecule has 2 saturated carbocycles. The van der Waals surface area contributed by atoms with Gasteiger partial charge in [-0.2, -0.15) is 4.68 Å². The summed E-state index contributed by atoms with van der Waals surface area (Å²) in [5.41, 5.74) is -0.531. The molecule has 0 aromatic carbocycles. The fraction of sp³-hybridized carbons (Fsp3) is 0.810. The van der Waals surface area contributed by atoms with Gasteiger partial charge in [-0.05, 0) is 58.3 Å². The second-order valence-corrected chi connectivity index (χ2v) is 8.96. The minimum Gasteiger partial charge on any atom is -0.473 e. The van der Waals surface area contributed by atoms with Crippen molar-refractivity contribution in [2.75, 3.05) is 0 Å². The highest BCUT2D eigenvalue weighted by Gasteiger charge is 2.33. The number of hydrogen-bond acceptors (Lipinski definition) is 4. The molecule has 0 bridgehead atoms. The smallest absolute Gasteiger partial charge is 0.435 e. The van der Waals surface area contributed by atoms with Crippen molar-refractivity contribution < 1.29 is 14.3 Å². The van der Waals surface area contributed by atoms with Gasteiger partial charge in [0.1, 0.15) is 11.7 Å². The molecular weight excluding hydrogens is 328 g/mol. The molecule has 2 fully saturated rings. The number of carbonyl (C=O) groups excluding carboxylic acids is 1. The molecule has 0 N–H and O–H groups in total. The van der Waals surface area contributed by atoms with Gasteiger partial charge in [0.15, 0.2) is 0 Å². The second kappa shape index (κ2) is 8.45. The number of hydrogen-bond donors (Lipinski definition) is 0. The highest BCUT2D eigenvalue weighted by molar-refractivity contribution is 5.69. The maximum atomic E-state index is 12.2. The van der Waals surface area contributed by atoms with Crippen LogP contribution in [0.15, 0.2) is 12.3 Å². The van der Waals surface area contributed by atoms with Gasteiger partial charge in [-0.15, -0.1) is 5.10 Å². The molecule has 3 rings (SSSR count). The highest BCUT2D eigenvalue weighted by atomic mass is 16.6. The van der Waals surface area contributed by atoms with Crippen molar-refractivity contribution in [1.29, 1.82) is 0 Å². The molecule has 5 heteroatoms. The van der Waals surface area contributed by atoms with Crippen LogP contribution in [0.25, 0.3) is 0 Å². The first-order valence-electron chi connectivity index (χ1n) is 10.4. The van der Waals surface area contributed by atoms with E-state index in [1.165, 1.54) is 68.9 Å². The summed E-state index contributed by atoms with van der Waals surface area (Å²) < 4.78 is 13.0. The maximum Gasteiger partial charge on any atom is 0.435 e. The Hall–Kier alpha value is -1.52. The molecule has 0 radical (unpaired) electrons. The first-order valence-corrected chi connectivity index (χ1v) is 10.4. The third-order valence-electron chi connectivity index (χ3n) is 5.63. The van der Waals surface area contributed by atoms with Crippen molar-refractivity contribution >= 4 is 6.09 Å². The molecule has 1 heterocycles. The number of nitrogens with zero attached hydrogens (tertiary/aromatic N) is 2. The number of ether oxygens (including phenoxy) is 2. The Bertz CT molecular complexity index is 560. The molecular formula is C21H34N2O3. The first kappa shape index (κ1) is 19.2. The maximum absolute atomic E-state index is 12.2. The largest absolute Gasteiger partial charge is 0.473 e. The Morgan fingerprint density at radius 3 is 2.08 bits per heavy atom. The third-order valence-corrected chi connectivity index (χ3v) is 5.63. The lowest BCUT2D eigenvalue weighted by Crippen LogP contribution is -2.37. The van der Waals surface area contributed by atoms with Crippen LogP contribution in [0.1, 0.15) is 85.0 Å². The van der Waals surface area contributed by atoms with E-state index in [0.717, 1.165) is 0 Å². The van der Waals surface area contributed by atoms with E-state index in [-0.39, 0.29) is 6.10 Å². The van der Waals surface area contributed by atoms with Gasteiger partial charge < -0.3 is 9.47 Å². The summed E-state index contributed by atoms with van der Waals surface area (Å²) >= 11 is 0. The van der Waals surface area contributed by atoms with Crippen LogP contribution in [-0.2, 0) is 4.74 Å². The molecule has 0 atom stereocenters. The monoisotopic (exact) mass is 362 g/mol. The van der Waals surface area contributed by atoms with Crippen molar-refractivity contribution in [1.82, 2.24) is 9.78 Å². The SMILES string of the molecule is CC(C)(C)OC(=O)n1ccc(OC(C2CCCCC2)C2CCCCC2)n1. The predicted octanol–water partition coefficient (Wildman–Crippen LogP) is 5.57. The van der Waals surface area contributed by atoms with Gasteiger partial charge in [0.25, 0.3) is 0 Å². The summed E-state index contributed by atoms with van der Waals surface area (Å²) in [4.78, 5) is 12.2. The van der Waals surface area contributed by atoms with Gasteiger partial charge in [0, 0.05) is 12.3 Å². The standard InChI is InChI=1S/C21H34N2O3/c1-21(2,3)26-20(24)23-15-14-18(22-23)25-19(16-10-6-4-7-11-16)17-12-8-5-9-13-17/h14-17,19H,4-13H2,1-3H3. The molecule has 2 aliphatic rings. The Morgan fingerprint density at radius 1 is 1.04 bits per heavy atom. The number of carbonyl (C=O) groups is 1. The fourth-order valence-electron chi connectivity index (χ4n) is 4.42. The summed E-state index contributed by atoms with van der Waals surface area (Å²) in [5, 5.41) is 4.34. The molecule has 0 saturated heterocycles. The summed E-state index contributed by atoms with van der Waals surface area (Å²) in [6, 6.07) is 1.79. The summed E-state index contributed by atoms with van der Waals surface area (Å²) in [6.45, 7) is 5.57. The van der Waals surface area contributed by atoms with E-state index < -0.39 is 11.7 Å². The van der Waals surface area contributed by atoms with Crippen LogP contribution in [0.3, 0.4) is 0 Å². The summed E-state index contributed by atoms with van der Waals surface area (Å²) in [5.74, 6) is 1.80. The summed E-state index contributed by atoms with van der Waals surface area (Å²) in [6.07, 6.45) is 14.4. The van der Waals surface area contributed by atoms with Crippen molar-refractivity contribution in [3.05, 3.63) is 12.3 Å². The third kappa shape index (κ3) is 5.24. The molecule has 0 amide bonds. The minimum absolute atomic E-state index is 0.234. The number of rotatable bonds is 4. The van der Waals surface area contributed by atoms with Crippen LogP contribution in [-0.4, -0.2) is 27.6 Å². The highest BCUT2D eigenvalue weighted by Crippen LogP contribution is 2.37. The van der Waals surface area contributed by atoms with Crippen molar-refractivity contribution in [2.24, 2.45) is 11.8 Å². The van der Waals surface area contributed by atoms with Gasteiger partial charge >= 0.3 is 6.09 Å². The minimum atomic E-state index is -0.531. The molecule has 26 heavy (non-hydrogen) atoms. The van der Waals surface area contributed by atoms with Crippen LogP contribution in [0.2, 0.25) is 0 Å². The normalized spacial score (nSPS) is 20.3. The van der Waals surface area contributed by atoms with E-state index in [1.54, 1.807) is 12.3 Å². The molecule has 5 nitrogen and oxygen atoms in total. The first-order chi connectivity index (χ1) is 12.4. The van der Waals surface area contributed by atoms with E-state index in [1.807, 2.05) is 20.8 Å². The lowest BCUT2D eigenvalue weighted by Gasteiger charge is -2.37. The lowest BCUT2D eigenvalue weighted by molar-refractivity contribution is 0.0333. The zero-order chi connectivity index (χ0) is 18.6. The van der Waals surface area contributed by atoms with Gasteiger partial charge in [-0.25, -0.2) is 4.79 Å². The molecule has 2 aliphatic carbocycles. The van der Waals surface area contributed by atoms with Crippen molar-refractivity contribution in [3.8, 4) is 5.88 Å². The van der Waals surface area contributed by atoms with Crippen molar-refractivity contribution in [3.63, 3.8) is 0 Å². The zero-order valence-corrected chi connectivity index (χ0v) is 16.6. The molecule has 1 aromatic rings. The van der Waals surface area contributed by atoms with Crippen LogP contribution in [0.5, 0.6) is 5.88 Å². The molecule has 1 aromatic heterocycles. The topological polar surface area (TPSA) is 53.4 Å². The van der Waals surface area contributed by atoms with E-state index in [9.17, 15) is 4.79 Å². The summed E-state index contributed by atoms with van der Waals surface area (Å²) in [7, 11) is 0. The molecule has 0 unspecified atom stereocenters. The Morgan fingerprint density at radius 2 is 1.58 bits per heavy atom. The van der Waals surface area contributed by atoms with Crippen molar-refractivity contribution in [2.45, 2.75) is 96.7 Å². The van der Waals surface area contributed by atoms with Gasteiger partial charge in [-0.3, -0.25) is 0 Å². The van der Waals surface area contributed by atoms with Crippen LogP contribution < -0.4 is 4.74 Å². The average Bonchev–Trinajstić information content (AvgIpc) is 3.09. The lowest BCUT2D eigenvalue weighted by atomic mass is 9.75. The van der Waals surface area contributed by atoms with E-state index in [4.69, 9.17) is 9.47 Å². The van der Waals surface area contributed by atoms with E-state index >= 15 is 0 Å². The molecule has 146 valence electrons. The fourth-order valence-corrected chi connectivity index (χ4v) is 4.42. The molecule has 0 spiro atoms. The van der Waals surface area contributed by atoms with Gasteiger partial charge in [-0.1, -0.05) is 38.5 Å². The predicted molar refractivity (Wildman–Crippen MR) is 101 cm³/mol. The quantitative estimate of drug-likeness (QED) is 0.702. The molecule has 0 aliphatic heterocycles. The second-order valence-electron chi connectivity index (χ2n) is 8.96. The van der Waals surface area contributed by atoms with E-state index in [0.29, 0.717) is 17.7 Å². The van der Waals surface area contributed by atoms with Crippen LogP contribution >= 0.6 is 0 Å².